The molecule has 0 aliphatic heterocycles. The summed E-state index contributed by atoms with van der Waals surface area (Å²) in [7, 11) is 0. The quantitative estimate of drug-likeness (QED) is 0.395. The largest absolute Gasteiger partial charge is 0.123 e. The van der Waals surface area contributed by atoms with Gasteiger partial charge in [0.05, 0.1) is 0 Å². The van der Waals surface area contributed by atoms with Crippen LogP contribution in [0.1, 0.15) is 63.9 Å². The lowest BCUT2D eigenvalue weighted by Gasteiger charge is -2.20. The number of hydrogen-bond donors (Lipinski definition) is 0. The molecule has 0 aromatic heterocycles. The molecule has 0 spiro atoms. The summed E-state index contributed by atoms with van der Waals surface area (Å²) in [5, 5.41) is 0.315. The van der Waals surface area contributed by atoms with E-state index in [-0.39, 0.29) is 0 Å². The fourth-order valence-corrected chi connectivity index (χ4v) is 3.39. The van der Waals surface area contributed by atoms with E-state index in [4.69, 9.17) is 11.6 Å². The first-order valence-electron chi connectivity index (χ1n) is 7.17. The van der Waals surface area contributed by atoms with Gasteiger partial charge >= 0.3 is 0 Å². The standard InChI is InChI=1S/C16H23Br2Cl/c1-3-5-6-12(7-9-14(19)4-2)15-11-13(17)8-10-16(15)18/h8,10-12,14H,3-7,9H2,1-2H3. The maximum absolute atomic E-state index is 6.28. The molecule has 1 aromatic rings. The summed E-state index contributed by atoms with van der Waals surface area (Å²) in [6, 6.07) is 6.47. The van der Waals surface area contributed by atoms with Crippen molar-refractivity contribution in [3.63, 3.8) is 0 Å². The zero-order chi connectivity index (χ0) is 14.3. The first-order chi connectivity index (χ1) is 9.08. The van der Waals surface area contributed by atoms with Crippen LogP contribution in [-0.4, -0.2) is 5.38 Å². The Morgan fingerprint density at radius 1 is 1.11 bits per heavy atom. The lowest BCUT2D eigenvalue weighted by atomic mass is 9.89. The van der Waals surface area contributed by atoms with Crippen LogP contribution in [0.25, 0.3) is 0 Å². The molecule has 0 nitrogen and oxygen atoms in total. The third-order valence-electron chi connectivity index (χ3n) is 3.58. The van der Waals surface area contributed by atoms with Gasteiger partial charge in [-0.25, -0.2) is 0 Å². The normalized spacial score (nSPS) is 14.4. The van der Waals surface area contributed by atoms with Crippen LogP contribution in [0.4, 0.5) is 0 Å². The zero-order valence-electron chi connectivity index (χ0n) is 11.8. The van der Waals surface area contributed by atoms with Gasteiger partial charge in [0.15, 0.2) is 0 Å². The van der Waals surface area contributed by atoms with Crippen LogP contribution >= 0.6 is 43.5 Å². The van der Waals surface area contributed by atoms with Gasteiger partial charge in [0.25, 0.3) is 0 Å². The van der Waals surface area contributed by atoms with Crippen LogP contribution in [0.15, 0.2) is 27.1 Å². The Morgan fingerprint density at radius 3 is 2.47 bits per heavy atom. The highest BCUT2D eigenvalue weighted by Crippen LogP contribution is 2.35. The predicted molar refractivity (Wildman–Crippen MR) is 93.3 cm³/mol. The molecule has 3 heteroatoms. The Bertz CT molecular complexity index is 379. The monoisotopic (exact) mass is 408 g/mol. The molecule has 0 aliphatic carbocycles. The topological polar surface area (TPSA) is 0 Å². The summed E-state index contributed by atoms with van der Waals surface area (Å²) in [5.41, 5.74) is 1.42. The minimum atomic E-state index is 0.315. The fourth-order valence-electron chi connectivity index (χ4n) is 2.32. The smallest absolute Gasteiger partial charge is 0.0333 e. The number of hydrogen-bond acceptors (Lipinski definition) is 0. The van der Waals surface area contributed by atoms with E-state index in [1.807, 2.05) is 0 Å². The maximum atomic E-state index is 6.28. The SMILES string of the molecule is CCCCC(CCC(Cl)CC)c1cc(Br)ccc1Br. The molecule has 1 aromatic carbocycles. The van der Waals surface area contributed by atoms with Crippen molar-refractivity contribution < 1.29 is 0 Å². The van der Waals surface area contributed by atoms with Crippen molar-refractivity contribution in [2.75, 3.05) is 0 Å². The molecule has 0 amide bonds. The first kappa shape index (κ1) is 17.5. The molecule has 19 heavy (non-hydrogen) atoms. The third-order valence-corrected chi connectivity index (χ3v) is 5.32. The van der Waals surface area contributed by atoms with Crippen LogP contribution in [0, 0.1) is 0 Å². The van der Waals surface area contributed by atoms with Crippen LogP contribution in [-0.2, 0) is 0 Å². The second-order valence-electron chi connectivity index (χ2n) is 5.09. The molecule has 0 N–H and O–H groups in total. The molecule has 108 valence electrons. The number of unbranched alkanes of at least 4 members (excludes halogenated alkanes) is 1. The van der Waals surface area contributed by atoms with Crippen LogP contribution in [0.3, 0.4) is 0 Å². The van der Waals surface area contributed by atoms with E-state index in [2.05, 4.69) is 63.9 Å². The van der Waals surface area contributed by atoms with Crippen molar-refractivity contribution in [3.8, 4) is 0 Å². The lowest BCUT2D eigenvalue weighted by Crippen LogP contribution is -2.05. The van der Waals surface area contributed by atoms with Gasteiger partial charge < -0.3 is 0 Å². The van der Waals surface area contributed by atoms with Crippen LogP contribution in [0.2, 0.25) is 0 Å². The summed E-state index contributed by atoms with van der Waals surface area (Å²) in [5.74, 6) is 0.611. The number of benzene rings is 1. The zero-order valence-corrected chi connectivity index (χ0v) is 15.7. The molecular formula is C16H23Br2Cl. The van der Waals surface area contributed by atoms with Gasteiger partial charge in [-0.3, -0.25) is 0 Å². The fraction of sp³-hybridized carbons (Fsp3) is 0.625. The minimum absolute atomic E-state index is 0.315. The Hall–Kier alpha value is 0.470. The molecule has 2 atom stereocenters. The van der Waals surface area contributed by atoms with E-state index < -0.39 is 0 Å². The van der Waals surface area contributed by atoms with E-state index in [0.29, 0.717) is 11.3 Å². The van der Waals surface area contributed by atoms with Crippen molar-refractivity contribution in [2.24, 2.45) is 0 Å². The molecular weight excluding hydrogens is 387 g/mol. The van der Waals surface area contributed by atoms with Gasteiger partial charge in [-0.2, -0.15) is 0 Å². The molecule has 0 saturated carbocycles. The molecule has 0 aliphatic rings. The average Bonchev–Trinajstić information content (AvgIpc) is 2.41. The van der Waals surface area contributed by atoms with Crippen molar-refractivity contribution in [2.45, 2.75) is 63.7 Å². The average molecular weight is 411 g/mol. The van der Waals surface area contributed by atoms with Crippen molar-refractivity contribution >= 4 is 43.5 Å². The summed E-state index contributed by atoms with van der Waals surface area (Å²) in [4.78, 5) is 0. The Labute approximate surface area is 139 Å². The molecule has 0 fully saturated rings. The highest BCUT2D eigenvalue weighted by atomic mass is 79.9. The molecule has 0 heterocycles. The molecule has 0 bridgehead atoms. The van der Waals surface area contributed by atoms with Crippen LogP contribution in [0.5, 0.6) is 0 Å². The molecule has 1 rings (SSSR count). The summed E-state index contributed by atoms with van der Waals surface area (Å²) >= 11 is 13.6. The van der Waals surface area contributed by atoms with Gasteiger partial charge in [-0.1, -0.05) is 58.5 Å². The highest BCUT2D eigenvalue weighted by molar-refractivity contribution is 9.11. The van der Waals surface area contributed by atoms with Crippen molar-refractivity contribution in [1.82, 2.24) is 0 Å². The summed E-state index contributed by atoms with van der Waals surface area (Å²) in [6.45, 7) is 4.41. The van der Waals surface area contributed by atoms with Crippen LogP contribution < -0.4 is 0 Å². The number of alkyl halides is 1. The van der Waals surface area contributed by atoms with E-state index in [9.17, 15) is 0 Å². The Balaban J connectivity index is 2.79. The van der Waals surface area contributed by atoms with Gasteiger partial charge in [0.1, 0.15) is 0 Å². The maximum Gasteiger partial charge on any atom is 0.0333 e. The second-order valence-corrected chi connectivity index (χ2v) is 7.48. The van der Waals surface area contributed by atoms with E-state index in [0.717, 1.165) is 17.3 Å². The number of rotatable bonds is 8. The van der Waals surface area contributed by atoms with E-state index in [1.165, 1.54) is 35.7 Å². The third kappa shape index (κ3) is 6.18. The molecule has 0 saturated heterocycles. The van der Waals surface area contributed by atoms with Crippen molar-refractivity contribution in [3.05, 3.63) is 32.7 Å². The minimum Gasteiger partial charge on any atom is -0.123 e. The van der Waals surface area contributed by atoms with Gasteiger partial charge in [-0.05, 0) is 55.4 Å². The lowest BCUT2D eigenvalue weighted by molar-refractivity contribution is 0.516. The van der Waals surface area contributed by atoms with Crippen molar-refractivity contribution in [1.29, 1.82) is 0 Å². The molecule has 2 unspecified atom stereocenters. The highest BCUT2D eigenvalue weighted by Gasteiger charge is 2.16. The van der Waals surface area contributed by atoms with E-state index >= 15 is 0 Å². The predicted octanol–water partition coefficient (Wildman–Crippen LogP) is 7.28. The summed E-state index contributed by atoms with van der Waals surface area (Å²) in [6.07, 6.45) is 7.12. The summed E-state index contributed by atoms with van der Waals surface area (Å²) < 4.78 is 2.38. The Morgan fingerprint density at radius 2 is 1.84 bits per heavy atom. The van der Waals surface area contributed by atoms with Gasteiger partial charge in [-0.15, -0.1) is 11.6 Å². The Kier molecular flexibility index (Phi) is 8.68. The van der Waals surface area contributed by atoms with Gasteiger partial charge in [0.2, 0.25) is 0 Å². The molecule has 0 radical (unpaired) electrons. The van der Waals surface area contributed by atoms with E-state index in [1.54, 1.807) is 0 Å². The second kappa shape index (κ2) is 9.41. The van der Waals surface area contributed by atoms with Gasteiger partial charge in [0, 0.05) is 14.3 Å². The first-order valence-corrected chi connectivity index (χ1v) is 9.19. The number of halogens is 3.